The first-order valence-electron chi connectivity index (χ1n) is 9.89. The highest BCUT2D eigenvalue weighted by molar-refractivity contribution is 5.75. The first-order valence-corrected chi connectivity index (χ1v) is 9.89. The maximum atomic E-state index is 12.7. The van der Waals surface area contributed by atoms with Crippen molar-refractivity contribution in [3.63, 3.8) is 0 Å². The fourth-order valence-corrected chi connectivity index (χ4v) is 3.94. The van der Waals surface area contributed by atoms with E-state index in [1.54, 1.807) is 0 Å². The van der Waals surface area contributed by atoms with Gasteiger partial charge in [-0.25, -0.2) is 14.8 Å². The minimum Gasteiger partial charge on any atom is -0.356 e. The lowest BCUT2D eigenvalue weighted by atomic mass is 10.0. The normalized spacial score (nSPS) is 16.8. The second-order valence-corrected chi connectivity index (χ2v) is 7.38. The number of nitrogens with one attached hydrogen (secondary N) is 1. The Morgan fingerprint density at radius 1 is 1.07 bits per heavy atom. The molecule has 1 saturated heterocycles. The molecule has 0 bridgehead atoms. The van der Waals surface area contributed by atoms with Gasteiger partial charge in [0.2, 0.25) is 0 Å². The second-order valence-electron chi connectivity index (χ2n) is 7.38. The van der Waals surface area contributed by atoms with Gasteiger partial charge in [-0.3, -0.25) is 0 Å². The summed E-state index contributed by atoms with van der Waals surface area (Å²) in [4.78, 5) is 26.4. The lowest BCUT2D eigenvalue weighted by Crippen LogP contribution is -2.43. The average molecular weight is 365 g/mol. The van der Waals surface area contributed by atoms with Crippen LogP contribution in [-0.4, -0.2) is 40.5 Å². The Bertz CT molecular complexity index is 802. The molecule has 0 saturated carbocycles. The predicted octanol–water partition coefficient (Wildman–Crippen LogP) is 3.04. The van der Waals surface area contributed by atoms with Gasteiger partial charge in [0, 0.05) is 38.2 Å². The first kappa shape index (κ1) is 17.8. The number of urea groups is 1. The third kappa shape index (κ3) is 4.04. The molecule has 0 radical (unpaired) electrons. The van der Waals surface area contributed by atoms with Gasteiger partial charge in [0.15, 0.2) is 0 Å². The van der Waals surface area contributed by atoms with E-state index in [9.17, 15) is 4.79 Å². The molecule has 0 aliphatic carbocycles. The van der Waals surface area contributed by atoms with Gasteiger partial charge in [0.25, 0.3) is 0 Å². The Morgan fingerprint density at radius 2 is 1.85 bits per heavy atom. The fraction of sp³-hybridized carbons (Fsp3) is 0.476. The molecule has 1 aromatic carbocycles. The molecule has 3 heterocycles. The van der Waals surface area contributed by atoms with E-state index in [-0.39, 0.29) is 6.03 Å². The zero-order chi connectivity index (χ0) is 18.6. The molecule has 6 heteroatoms. The first-order chi connectivity index (χ1) is 13.2. The Morgan fingerprint density at radius 3 is 2.63 bits per heavy atom. The van der Waals surface area contributed by atoms with Gasteiger partial charge < -0.3 is 15.1 Å². The third-order valence-corrected chi connectivity index (χ3v) is 5.38. The number of anilines is 1. The Hall–Kier alpha value is -2.63. The molecule has 0 unspecified atom stereocenters. The number of hydrogen-bond donors (Lipinski definition) is 1. The van der Waals surface area contributed by atoms with Crippen molar-refractivity contribution in [2.24, 2.45) is 0 Å². The van der Waals surface area contributed by atoms with Crippen LogP contribution in [0.5, 0.6) is 0 Å². The summed E-state index contributed by atoms with van der Waals surface area (Å²) in [6, 6.07) is 9.99. The van der Waals surface area contributed by atoms with E-state index < -0.39 is 0 Å². The molecule has 6 nitrogen and oxygen atoms in total. The van der Waals surface area contributed by atoms with Gasteiger partial charge in [-0.05, 0) is 31.7 Å². The minimum atomic E-state index is -0.0188. The number of hydrogen-bond acceptors (Lipinski definition) is 4. The molecular weight excluding hydrogens is 338 g/mol. The van der Waals surface area contributed by atoms with Gasteiger partial charge in [0.1, 0.15) is 11.6 Å². The van der Waals surface area contributed by atoms with E-state index in [0.717, 1.165) is 48.0 Å². The van der Waals surface area contributed by atoms with E-state index in [0.29, 0.717) is 19.6 Å². The summed E-state index contributed by atoms with van der Waals surface area (Å²) in [5, 5.41) is 3.04. The molecule has 27 heavy (non-hydrogen) atoms. The Labute approximate surface area is 160 Å². The standard InChI is InChI=1S/C21H27N5O/c1-16-23-19-10-13-26(21(27)22-14-17-8-4-2-5-9-17)15-18(19)20(24-16)25-11-6-3-7-12-25/h2,4-5,8-9H,3,6-7,10-15H2,1H3,(H,22,27). The lowest BCUT2D eigenvalue weighted by molar-refractivity contribution is 0.191. The van der Waals surface area contributed by atoms with Crippen molar-refractivity contribution < 1.29 is 4.79 Å². The van der Waals surface area contributed by atoms with Gasteiger partial charge >= 0.3 is 6.03 Å². The number of piperidine rings is 1. The highest BCUT2D eigenvalue weighted by atomic mass is 16.2. The number of aromatic nitrogens is 2. The van der Waals surface area contributed by atoms with Gasteiger partial charge in [-0.15, -0.1) is 0 Å². The van der Waals surface area contributed by atoms with Crippen molar-refractivity contribution in [2.45, 2.75) is 45.7 Å². The van der Waals surface area contributed by atoms with Crippen LogP contribution in [0.2, 0.25) is 0 Å². The topological polar surface area (TPSA) is 61.4 Å². The highest BCUT2D eigenvalue weighted by Crippen LogP contribution is 2.28. The van der Waals surface area contributed by atoms with Crippen LogP contribution >= 0.6 is 0 Å². The molecule has 1 fully saturated rings. The fourth-order valence-electron chi connectivity index (χ4n) is 3.94. The van der Waals surface area contributed by atoms with Crippen LogP contribution in [0.4, 0.5) is 10.6 Å². The van der Waals surface area contributed by atoms with Gasteiger partial charge in [-0.2, -0.15) is 0 Å². The summed E-state index contributed by atoms with van der Waals surface area (Å²) < 4.78 is 0. The molecule has 0 spiro atoms. The largest absolute Gasteiger partial charge is 0.356 e. The highest BCUT2D eigenvalue weighted by Gasteiger charge is 2.27. The Balaban J connectivity index is 1.49. The van der Waals surface area contributed by atoms with Crippen molar-refractivity contribution in [1.82, 2.24) is 20.2 Å². The van der Waals surface area contributed by atoms with Crippen LogP contribution in [-0.2, 0) is 19.5 Å². The van der Waals surface area contributed by atoms with Crippen LogP contribution in [0, 0.1) is 6.92 Å². The van der Waals surface area contributed by atoms with Crippen LogP contribution in [0.25, 0.3) is 0 Å². The molecule has 1 aromatic heterocycles. The quantitative estimate of drug-likeness (QED) is 0.908. The minimum absolute atomic E-state index is 0.0188. The number of nitrogens with zero attached hydrogens (tertiary/aromatic N) is 4. The number of carbonyl (C=O) groups is 1. The SMILES string of the molecule is Cc1nc2c(c(N3CCCCC3)n1)CN(C(=O)NCc1ccccc1)CC2. The van der Waals surface area contributed by atoms with Crippen molar-refractivity contribution in [1.29, 1.82) is 0 Å². The van der Waals surface area contributed by atoms with Crippen molar-refractivity contribution >= 4 is 11.8 Å². The smallest absolute Gasteiger partial charge is 0.317 e. The van der Waals surface area contributed by atoms with Crippen molar-refractivity contribution in [3.05, 3.63) is 53.0 Å². The summed E-state index contributed by atoms with van der Waals surface area (Å²) in [7, 11) is 0. The summed E-state index contributed by atoms with van der Waals surface area (Å²) in [5.74, 6) is 1.87. The molecule has 2 aromatic rings. The van der Waals surface area contributed by atoms with Gasteiger partial charge in [-0.1, -0.05) is 30.3 Å². The molecule has 1 N–H and O–H groups in total. The zero-order valence-electron chi connectivity index (χ0n) is 15.9. The van der Waals surface area contributed by atoms with E-state index in [4.69, 9.17) is 4.98 Å². The average Bonchev–Trinajstić information content (AvgIpc) is 2.72. The molecule has 4 rings (SSSR count). The number of aryl methyl sites for hydroxylation is 1. The van der Waals surface area contributed by atoms with Crippen molar-refractivity contribution in [2.75, 3.05) is 24.5 Å². The molecular formula is C21H27N5O. The number of carbonyl (C=O) groups excluding carboxylic acids is 1. The number of amides is 2. The molecule has 2 amide bonds. The summed E-state index contributed by atoms with van der Waals surface area (Å²) in [5.41, 5.74) is 3.34. The monoisotopic (exact) mass is 365 g/mol. The number of fused-ring (bicyclic) bond motifs is 1. The predicted molar refractivity (Wildman–Crippen MR) is 106 cm³/mol. The van der Waals surface area contributed by atoms with Crippen LogP contribution in [0.3, 0.4) is 0 Å². The van der Waals surface area contributed by atoms with Crippen LogP contribution in [0.15, 0.2) is 30.3 Å². The molecule has 0 atom stereocenters. The van der Waals surface area contributed by atoms with Crippen LogP contribution < -0.4 is 10.2 Å². The zero-order valence-corrected chi connectivity index (χ0v) is 15.9. The van der Waals surface area contributed by atoms with E-state index in [1.807, 2.05) is 42.2 Å². The van der Waals surface area contributed by atoms with Crippen LogP contribution in [0.1, 0.15) is 41.9 Å². The van der Waals surface area contributed by atoms with E-state index in [2.05, 4.69) is 15.2 Å². The van der Waals surface area contributed by atoms with Crippen molar-refractivity contribution in [3.8, 4) is 0 Å². The number of benzene rings is 1. The molecule has 2 aliphatic heterocycles. The summed E-state index contributed by atoms with van der Waals surface area (Å²) in [6.45, 7) is 5.89. The number of rotatable bonds is 3. The maximum Gasteiger partial charge on any atom is 0.317 e. The maximum absolute atomic E-state index is 12.7. The second kappa shape index (κ2) is 7.94. The summed E-state index contributed by atoms with van der Waals surface area (Å²) in [6.07, 6.45) is 4.49. The summed E-state index contributed by atoms with van der Waals surface area (Å²) >= 11 is 0. The lowest BCUT2D eigenvalue weighted by Gasteiger charge is -2.34. The molecule has 142 valence electrons. The Kier molecular flexibility index (Phi) is 5.23. The third-order valence-electron chi connectivity index (χ3n) is 5.38. The van der Waals surface area contributed by atoms with Gasteiger partial charge in [0.05, 0.1) is 12.2 Å². The van der Waals surface area contributed by atoms with E-state index in [1.165, 1.54) is 19.3 Å². The molecule has 2 aliphatic rings. The van der Waals surface area contributed by atoms with E-state index >= 15 is 0 Å².